The zero-order valence-electron chi connectivity index (χ0n) is 11.6. The molecule has 1 rings (SSSR count). The van der Waals surface area contributed by atoms with Crippen LogP contribution in [0.2, 0.25) is 0 Å². The fourth-order valence-electron chi connectivity index (χ4n) is 1.52. The van der Waals surface area contributed by atoms with E-state index in [0.29, 0.717) is 0 Å². The van der Waals surface area contributed by atoms with Crippen LogP contribution in [-0.2, 0) is 9.53 Å². The van der Waals surface area contributed by atoms with Gasteiger partial charge in [-0.05, 0) is 26.3 Å². The molecule has 0 saturated carbocycles. The highest BCUT2D eigenvalue weighted by Gasteiger charge is 2.30. The van der Waals surface area contributed by atoms with Crippen molar-refractivity contribution in [2.75, 3.05) is 0 Å². The largest absolute Gasteiger partial charge is 0.480 e. The van der Waals surface area contributed by atoms with Gasteiger partial charge in [0.1, 0.15) is 11.6 Å². The topological polar surface area (TPSA) is 75.6 Å². The molecule has 20 heavy (non-hydrogen) atoms. The van der Waals surface area contributed by atoms with Crippen molar-refractivity contribution in [1.29, 1.82) is 0 Å². The average molecular weight is 344 g/mol. The Morgan fingerprint density at radius 1 is 1.25 bits per heavy atom. The molecule has 2 unspecified atom stereocenters. The molecule has 1 aromatic carbocycles. The third-order valence-electron chi connectivity index (χ3n) is 2.35. The van der Waals surface area contributed by atoms with Crippen molar-refractivity contribution in [2.45, 2.75) is 37.2 Å². The molecule has 0 aliphatic heterocycles. The molecule has 0 fully saturated rings. The predicted molar refractivity (Wildman–Crippen MR) is 78.9 cm³/mol. The Balaban J connectivity index is 2.80. The minimum absolute atomic E-state index is 0.547. The molecule has 1 amide bonds. The molecule has 0 aliphatic carbocycles. The normalized spacial score (nSPS) is 14.2. The monoisotopic (exact) mass is 343 g/mol. The highest BCUT2D eigenvalue weighted by Crippen LogP contribution is 2.26. The van der Waals surface area contributed by atoms with Crippen molar-refractivity contribution in [3.8, 4) is 0 Å². The smallest absolute Gasteiger partial charge is 0.408 e. The summed E-state index contributed by atoms with van der Waals surface area (Å²) in [6.07, 6.45) is -0.759. The Hall–Kier alpha value is -1.56. The first-order valence-corrected chi connectivity index (χ1v) is 7.03. The standard InChI is InChI=1S/C14H18BrNO4/c1-14(2,3)20-13(19)16-11(12(17)18)10(15)9-7-5-4-6-8-9/h4-8,10-11H,1-3H3,(H,16,19)(H,17,18). The maximum Gasteiger partial charge on any atom is 0.408 e. The summed E-state index contributed by atoms with van der Waals surface area (Å²) >= 11 is 3.31. The van der Waals surface area contributed by atoms with E-state index in [1.807, 2.05) is 6.07 Å². The van der Waals surface area contributed by atoms with E-state index < -0.39 is 28.5 Å². The number of hydrogen-bond donors (Lipinski definition) is 2. The first-order valence-electron chi connectivity index (χ1n) is 6.12. The van der Waals surface area contributed by atoms with Crippen molar-refractivity contribution in [3.63, 3.8) is 0 Å². The SMILES string of the molecule is CC(C)(C)OC(=O)NC(C(=O)O)C(Br)c1ccccc1. The second-order valence-corrected chi connectivity index (χ2v) is 6.26. The number of hydrogen-bond acceptors (Lipinski definition) is 3. The molecule has 1 aromatic rings. The number of halogens is 1. The number of benzene rings is 1. The van der Waals surface area contributed by atoms with Crippen LogP contribution in [0.15, 0.2) is 30.3 Å². The molecule has 0 bridgehead atoms. The van der Waals surface area contributed by atoms with Crippen LogP contribution in [0.5, 0.6) is 0 Å². The number of carbonyl (C=O) groups is 2. The van der Waals surface area contributed by atoms with E-state index in [9.17, 15) is 14.7 Å². The summed E-state index contributed by atoms with van der Waals surface area (Å²) in [7, 11) is 0. The molecule has 0 spiro atoms. The molecule has 2 atom stereocenters. The summed E-state index contributed by atoms with van der Waals surface area (Å²) in [5.41, 5.74) is 0.0813. The lowest BCUT2D eigenvalue weighted by Crippen LogP contribution is -2.45. The minimum Gasteiger partial charge on any atom is -0.480 e. The zero-order chi connectivity index (χ0) is 15.3. The second kappa shape index (κ2) is 6.74. The molecule has 0 saturated heterocycles. The fourth-order valence-corrected chi connectivity index (χ4v) is 2.19. The summed E-state index contributed by atoms with van der Waals surface area (Å²) < 4.78 is 5.07. The maximum absolute atomic E-state index is 11.7. The van der Waals surface area contributed by atoms with E-state index in [-0.39, 0.29) is 0 Å². The third-order valence-corrected chi connectivity index (χ3v) is 3.41. The number of carboxylic acids is 1. The Kier molecular flexibility index (Phi) is 5.56. The number of alkyl halides is 1. The Morgan fingerprint density at radius 2 is 1.80 bits per heavy atom. The molecule has 0 aromatic heterocycles. The second-order valence-electron chi connectivity index (χ2n) is 5.27. The van der Waals surface area contributed by atoms with Gasteiger partial charge in [-0.1, -0.05) is 46.3 Å². The van der Waals surface area contributed by atoms with E-state index in [4.69, 9.17) is 4.74 Å². The van der Waals surface area contributed by atoms with Crippen molar-refractivity contribution < 1.29 is 19.4 Å². The quantitative estimate of drug-likeness (QED) is 0.823. The van der Waals surface area contributed by atoms with E-state index in [1.54, 1.807) is 45.0 Å². The van der Waals surface area contributed by atoms with Crippen molar-refractivity contribution in [1.82, 2.24) is 5.32 Å². The predicted octanol–water partition coefficient (Wildman–Crippen LogP) is 3.10. The zero-order valence-corrected chi connectivity index (χ0v) is 13.2. The van der Waals surface area contributed by atoms with Gasteiger partial charge in [0.15, 0.2) is 0 Å². The highest BCUT2D eigenvalue weighted by molar-refractivity contribution is 9.09. The van der Waals surface area contributed by atoms with E-state index >= 15 is 0 Å². The lowest BCUT2D eigenvalue weighted by molar-refractivity contribution is -0.139. The molecule has 6 heteroatoms. The van der Waals surface area contributed by atoms with Gasteiger partial charge in [0.2, 0.25) is 0 Å². The van der Waals surface area contributed by atoms with Crippen molar-refractivity contribution in [3.05, 3.63) is 35.9 Å². The number of carbonyl (C=O) groups excluding carboxylic acids is 1. The van der Waals surface area contributed by atoms with Crippen LogP contribution in [-0.4, -0.2) is 28.8 Å². The maximum atomic E-state index is 11.7. The number of rotatable bonds is 4. The van der Waals surface area contributed by atoms with Gasteiger partial charge in [0, 0.05) is 0 Å². The van der Waals surface area contributed by atoms with Crippen LogP contribution in [0.25, 0.3) is 0 Å². The van der Waals surface area contributed by atoms with Crippen molar-refractivity contribution in [2.24, 2.45) is 0 Å². The molecule has 5 nitrogen and oxygen atoms in total. The van der Waals surface area contributed by atoms with Crippen LogP contribution in [0, 0.1) is 0 Å². The first kappa shape index (κ1) is 16.5. The number of aliphatic carboxylic acids is 1. The van der Waals surface area contributed by atoms with Crippen molar-refractivity contribution >= 4 is 28.0 Å². The van der Waals surface area contributed by atoms with Gasteiger partial charge in [0.05, 0.1) is 4.83 Å². The van der Waals surface area contributed by atoms with Gasteiger partial charge in [0.25, 0.3) is 0 Å². The summed E-state index contributed by atoms with van der Waals surface area (Å²) in [6, 6.07) is 7.89. The summed E-state index contributed by atoms with van der Waals surface area (Å²) in [5, 5.41) is 11.6. The average Bonchev–Trinajstić information content (AvgIpc) is 2.34. The Bertz CT molecular complexity index is 470. The number of ether oxygens (including phenoxy) is 1. The Morgan fingerprint density at radius 3 is 2.25 bits per heavy atom. The van der Waals surface area contributed by atoms with Gasteiger partial charge in [-0.2, -0.15) is 0 Å². The molecular weight excluding hydrogens is 326 g/mol. The fraction of sp³-hybridized carbons (Fsp3) is 0.429. The Labute approximate surface area is 126 Å². The summed E-state index contributed by atoms with van der Waals surface area (Å²) in [6.45, 7) is 5.14. The third kappa shape index (κ3) is 5.21. The van der Waals surface area contributed by atoms with E-state index in [0.717, 1.165) is 5.56 Å². The molecule has 2 N–H and O–H groups in total. The lowest BCUT2D eigenvalue weighted by atomic mass is 10.1. The van der Waals surface area contributed by atoms with Gasteiger partial charge < -0.3 is 15.2 Å². The number of amides is 1. The van der Waals surface area contributed by atoms with E-state index in [1.165, 1.54) is 0 Å². The van der Waals surface area contributed by atoms with Crippen LogP contribution < -0.4 is 5.32 Å². The van der Waals surface area contributed by atoms with Crippen LogP contribution in [0.3, 0.4) is 0 Å². The van der Waals surface area contributed by atoms with Crippen LogP contribution in [0.1, 0.15) is 31.2 Å². The molecule has 0 aliphatic rings. The molecule has 0 heterocycles. The van der Waals surface area contributed by atoms with Gasteiger partial charge >= 0.3 is 12.1 Å². The first-order chi connectivity index (χ1) is 9.20. The number of alkyl carbamates (subject to hydrolysis) is 1. The lowest BCUT2D eigenvalue weighted by Gasteiger charge is -2.24. The van der Waals surface area contributed by atoms with Crippen LogP contribution in [0.4, 0.5) is 4.79 Å². The van der Waals surface area contributed by atoms with Gasteiger partial charge in [-0.15, -0.1) is 0 Å². The molecule has 0 radical (unpaired) electrons. The molecular formula is C14H18BrNO4. The van der Waals surface area contributed by atoms with Gasteiger partial charge in [-0.3, -0.25) is 0 Å². The number of carboxylic acid groups (broad SMARTS) is 1. The highest BCUT2D eigenvalue weighted by atomic mass is 79.9. The van der Waals surface area contributed by atoms with Crippen LogP contribution >= 0.6 is 15.9 Å². The van der Waals surface area contributed by atoms with Gasteiger partial charge in [-0.25, -0.2) is 9.59 Å². The minimum atomic E-state index is -1.14. The summed E-state index contributed by atoms with van der Waals surface area (Å²) in [4.78, 5) is 22.5. The number of nitrogens with one attached hydrogen (secondary N) is 1. The van der Waals surface area contributed by atoms with E-state index in [2.05, 4.69) is 21.2 Å². The summed E-state index contributed by atoms with van der Waals surface area (Å²) in [5.74, 6) is -1.14. The molecule has 110 valence electrons.